The summed E-state index contributed by atoms with van der Waals surface area (Å²) in [6, 6.07) is 12.6. The first-order chi connectivity index (χ1) is 20.3. The molecule has 0 unspecified atom stereocenters. The van der Waals surface area contributed by atoms with Gasteiger partial charge in [0.1, 0.15) is 11.3 Å². The lowest BCUT2D eigenvalue weighted by atomic mass is 9.96. The van der Waals surface area contributed by atoms with Gasteiger partial charge in [0.15, 0.2) is 0 Å². The van der Waals surface area contributed by atoms with Gasteiger partial charge in [-0.1, -0.05) is 41.9 Å². The lowest BCUT2D eigenvalue weighted by Gasteiger charge is -2.16. The second kappa shape index (κ2) is 12.5. The van der Waals surface area contributed by atoms with Gasteiger partial charge in [-0.25, -0.2) is 9.67 Å². The minimum Gasteiger partial charge on any atom is -0.480 e. The van der Waals surface area contributed by atoms with Crippen molar-refractivity contribution in [3.8, 4) is 28.3 Å². The molecule has 12 heteroatoms. The molecule has 1 aliphatic heterocycles. The number of benzene rings is 2. The molecule has 0 bridgehead atoms. The molecule has 3 N–H and O–H groups in total. The number of aromatic nitrogens is 4. The Hall–Kier alpha value is -4.61. The van der Waals surface area contributed by atoms with Gasteiger partial charge >= 0.3 is 0 Å². The van der Waals surface area contributed by atoms with Crippen LogP contribution < -0.4 is 26.2 Å². The van der Waals surface area contributed by atoms with Gasteiger partial charge in [-0.15, -0.1) is 0 Å². The Bertz CT molecular complexity index is 1720. The summed E-state index contributed by atoms with van der Waals surface area (Å²) in [5, 5.41) is 13.4. The summed E-state index contributed by atoms with van der Waals surface area (Å²) in [6.45, 7) is 2.93. The van der Waals surface area contributed by atoms with Gasteiger partial charge in [0.05, 0.1) is 24.0 Å². The van der Waals surface area contributed by atoms with E-state index in [-0.39, 0.29) is 17.5 Å². The highest BCUT2D eigenvalue weighted by Gasteiger charge is 2.21. The summed E-state index contributed by atoms with van der Waals surface area (Å²) in [4.78, 5) is 45.9. The monoisotopic (exact) mass is 587 g/mol. The van der Waals surface area contributed by atoms with E-state index < -0.39 is 11.5 Å². The minimum absolute atomic E-state index is 0.00574. The molecular weight excluding hydrogens is 558 g/mol. The summed E-state index contributed by atoms with van der Waals surface area (Å²) in [6.07, 6.45) is 4.42. The highest BCUT2D eigenvalue weighted by molar-refractivity contribution is 6.36. The molecule has 0 aliphatic carbocycles. The smallest absolute Gasteiger partial charge is 0.279 e. The van der Waals surface area contributed by atoms with Crippen molar-refractivity contribution >= 4 is 29.1 Å². The standard InChI is InChI=1S/C30H30ClN7O4/c1-17-19(6-5-9-23(17)36-28(40)22-12-13-34-38(2)30(22)41)20-7-4-8-21(27(20)31)24-16-33-25(29(37-24)42-3)15-32-14-18-10-11-26(39)35-18/h4-9,12-13,16,18,32H,10-11,14-15H2,1-3H3,(H,35,39)(H,36,40)/t18-/m0/s1. The number of halogens is 1. The summed E-state index contributed by atoms with van der Waals surface area (Å²) in [5.41, 5.74) is 4.24. The average molecular weight is 588 g/mol. The molecule has 1 saturated heterocycles. The van der Waals surface area contributed by atoms with Gasteiger partial charge in [-0.3, -0.25) is 19.4 Å². The van der Waals surface area contributed by atoms with E-state index >= 15 is 0 Å². The largest absolute Gasteiger partial charge is 0.480 e. The number of nitrogens with one attached hydrogen (secondary N) is 3. The molecule has 2 amide bonds. The molecule has 1 aliphatic rings. The molecule has 1 atom stereocenters. The number of aryl methyl sites for hydroxylation is 1. The van der Waals surface area contributed by atoms with Crippen molar-refractivity contribution in [2.45, 2.75) is 32.4 Å². The molecule has 11 nitrogen and oxygen atoms in total. The molecule has 1 fully saturated rings. The maximum absolute atomic E-state index is 12.9. The van der Waals surface area contributed by atoms with E-state index in [0.717, 1.165) is 27.8 Å². The van der Waals surface area contributed by atoms with Crippen LogP contribution in [0.25, 0.3) is 22.4 Å². The second-order valence-electron chi connectivity index (χ2n) is 9.92. The number of anilines is 1. The molecule has 4 aromatic rings. The molecule has 0 saturated carbocycles. The van der Waals surface area contributed by atoms with Crippen molar-refractivity contribution in [2.75, 3.05) is 19.0 Å². The Kier molecular flexibility index (Phi) is 8.60. The van der Waals surface area contributed by atoms with Crippen molar-refractivity contribution in [1.82, 2.24) is 30.4 Å². The molecule has 3 heterocycles. The highest BCUT2D eigenvalue weighted by Crippen LogP contribution is 2.39. The van der Waals surface area contributed by atoms with E-state index in [9.17, 15) is 14.4 Å². The van der Waals surface area contributed by atoms with Crippen molar-refractivity contribution in [3.63, 3.8) is 0 Å². The van der Waals surface area contributed by atoms with E-state index in [1.54, 1.807) is 12.3 Å². The Morgan fingerprint density at radius 3 is 2.67 bits per heavy atom. The van der Waals surface area contributed by atoms with Gasteiger partial charge in [0, 0.05) is 55.6 Å². The van der Waals surface area contributed by atoms with Crippen LogP contribution in [0.2, 0.25) is 5.02 Å². The van der Waals surface area contributed by atoms with E-state index in [4.69, 9.17) is 16.3 Å². The second-order valence-corrected chi connectivity index (χ2v) is 10.3. The first-order valence-electron chi connectivity index (χ1n) is 13.4. The molecule has 5 rings (SSSR count). The minimum atomic E-state index is -0.525. The molecular formula is C30H30ClN7O4. The van der Waals surface area contributed by atoms with E-state index in [0.29, 0.717) is 53.1 Å². The quantitative estimate of drug-likeness (QED) is 0.270. The Morgan fingerprint density at radius 2 is 1.90 bits per heavy atom. The molecule has 216 valence electrons. The number of hydrogen-bond donors (Lipinski definition) is 3. The van der Waals surface area contributed by atoms with Crippen LogP contribution >= 0.6 is 11.6 Å². The van der Waals surface area contributed by atoms with Gasteiger partial charge in [-0.05, 0) is 36.6 Å². The number of amides is 2. The summed E-state index contributed by atoms with van der Waals surface area (Å²) in [7, 11) is 3.03. The zero-order valence-electron chi connectivity index (χ0n) is 23.4. The summed E-state index contributed by atoms with van der Waals surface area (Å²) in [5.74, 6) is -0.0746. The predicted octanol–water partition coefficient (Wildman–Crippen LogP) is 3.50. The number of carbonyl (C=O) groups excluding carboxylic acids is 2. The lowest BCUT2D eigenvalue weighted by Crippen LogP contribution is -2.35. The fourth-order valence-electron chi connectivity index (χ4n) is 4.88. The zero-order chi connectivity index (χ0) is 29.8. The van der Waals surface area contributed by atoms with E-state index in [1.165, 1.54) is 26.4 Å². The van der Waals surface area contributed by atoms with E-state index in [1.807, 2.05) is 37.3 Å². The fraction of sp³-hybridized carbons (Fsp3) is 0.267. The first-order valence-corrected chi connectivity index (χ1v) is 13.8. The van der Waals surface area contributed by atoms with Crippen LogP contribution in [0.5, 0.6) is 5.88 Å². The number of carbonyl (C=O) groups is 2. The number of hydrogen-bond acceptors (Lipinski definition) is 8. The van der Waals surface area contributed by atoms with Crippen LogP contribution in [0.15, 0.2) is 59.7 Å². The maximum Gasteiger partial charge on any atom is 0.279 e. The Morgan fingerprint density at radius 1 is 1.14 bits per heavy atom. The summed E-state index contributed by atoms with van der Waals surface area (Å²) < 4.78 is 6.64. The molecule has 2 aromatic heterocycles. The number of rotatable bonds is 9. The number of nitrogens with zero attached hydrogens (tertiary/aromatic N) is 4. The number of ether oxygens (including phenoxy) is 1. The number of methoxy groups -OCH3 is 1. The molecule has 42 heavy (non-hydrogen) atoms. The van der Waals surface area contributed by atoms with Gasteiger partial charge in [0.2, 0.25) is 11.8 Å². The Balaban J connectivity index is 1.38. The maximum atomic E-state index is 12.9. The van der Waals surface area contributed by atoms with Gasteiger partial charge < -0.3 is 20.7 Å². The van der Waals surface area contributed by atoms with Crippen LogP contribution in [0.3, 0.4) is 0 Å². The third-order valence-corrected chi connectivity index (χ3v) is 7.58. The van der Waals surface area contributed by atoms with Crippen LogP contribution in [0, 0.1) is 6.92 Å². The SMILES string of the molecule is COc1nc(-c2cccc(-c3cccc(NC(=O)c4ccnn(C)c4=O)c3C)c2Cl)cnc1CNC[C@@H]1CCC(=O)N1. The highest BCUT2D eigenvalue weighted by atomic mass is 35.5. The first kappa shape index (κ1) is 28.9. The van der Waals surface area contributed by atoms with E-state index in [2.05, 4.69) is 31.0 Å². The lowest BCUT2D eigenvalue weighted by molar-refractivity contribution is -0.119. The third-order valence-electron chi connectivity index (χ3n) is 7.17. The van der Waals surface area contributed by atoms with Crippen molar-refractivity contribution in [1.29, 1.82) is 0 Å². The fourth-order valence-corrected chi connectivity index (χ4v) is 5.20. The topological polar surface area (TPSA) is 140 Å². The van der Waals surface area contributed by atoms with Crippen molar-refractivity contribution in [3.05, 3.63) is 87.1 Å². The van der Waals surface area contributed by atoms with Crippen molar-refractivity contribution < 1.29 is 14.3 Å². The molecule has 0 radical (unpaired) electrons. The van der Waals surface area contributed by atoms with Crippen LogP contribution in [-0.2, 0) is 18.4 Å². The van der Waals surface area contributed by atoms with Crippen molar-refractivity contribution in [2.24, 2.45) is 7.05 Å². The average Bonchev–Trinajstić information content (AvgIpc) is 3.40. The normalized spacial score (nSPS) is 14.5. The van der Waals surface area contributed by atoms with Gasteiger partial charge in [-0.2, -0.15) is 5.10 Å². The van der Waals surface area contributed by atoms with Gasteiger partial charge in [0.25, 0.3) is 11.5 Å². The molecule has 2 aromatic carbocycles. The van der Waals surface area contributed by atoms with Crippen LogP contribution in [-0.4, -0.2) is 51.3 Å². The molecule has 0 spiro atoms. The Labute approximate surface area is 247 Å². The zero-order valence-corrected chi connectivity index (χ0v) is 24.2. The van der Waals surface area contributed by atoms with Crippen LogP contribution in [0.1, 0.15) is 34.5 Å². The van der Waals surface area contributed by atoms with Crippen LogP contribution in [0.4, 0.5) is 5.69 Å². The third kappa shape index (κ3) is 6.02. The summed E-state index contributed by atoms with van der Waals surface area (Å²) >= 11 is 6.95. The predicted molar refractivity (Wildman–Crippen MR) is 160 cm³/mol.